The molecular weight excluding hydrogens is 1140 g/mol. The van der Waals surface area contributed by atoms with E-state index in [-0.39, 0.29) is 16.2 Å². The van der Waals surface area contributed by atoms with Gasteiger partial charge in [0.25, 0.3) is 0 Å². The van der Waals surface area contributed by atoms with Gasteiger partial charge >= 0.3 is 0 Å². The van der Waals surface area contributed by atoms with Gasteiger partial charge in [0.05, 0.1) is 0 Å². The third-order valence-electron chi connectivity index (χ3n) is 23.9. The normalized spacial score (nSPS) is 14.2. The van der Waals surface area contributed by atoms with Gasteiger partial charge in [-0.2, -0.15) is 0 Å². The van der Waals surface area contributed by atoms with E-state index in [1.807, 2.05) is 0 Å². The third kappa shape index (κ3) is 17.9. The molecular formula is C95H130. The Hall–Kier alpha value is -5.46. The molecule has 7 aromatic rings. The van der Waals surface area contributed by atoms with Crippen LogP contribution in [0, 0.1) is 0 Å². The van der Waals surface area contributed by atoms with E-state index in [1.54, 1.807) is 55.6 Å². The molecule has 0 bridgehead atoms. The smallest absolute Gasteiger partial charge is 0.0215 e. The SMILES string of the molecule is CCCCCCCCC1(CCCCCCCC)c2cc(Cc3ccccc3)ccc2-c2ccc(-c3ccc4c(c3)C(CCCCCCCC)(CCCCCCCC)c3cc5c(cc3-4)C(CCCCCCCC)(CCCCCCCC)c3cc(Cc4ccccc4)ccc3-5)cc21. The lowest BCUT2D eigenvalue weighted by Crippen LogP contribution is -2.27. The maximum atomic E-state index is 2.90. The zero-order valence-corrected chi connectivity index (χ0v) is 61.5. The van der Waals surface area contributed by atoms with E-state index < -0.39 is 0 Å². The zero-order valence-electron chi connectivity index (χ0n) is 61.5. The molecule has 7 aromatic carbocycles. The fourth-order valence-electron chi connectivity index (χ4n) is 18.5. The maximum absolute atomic E-state index is 2.90. The molecule has 0 nitrogen and oxygen atoms in total. The van der Waals surface area contributed by atoms with Gasteiger partial charge in [0.2, 0.25) is 0 Å². The average molecular weight is 1270 g/mol. The molecule has 0 heteroatoms. The summed E-state index contributed by atoms with van der Waals surface area (Å²) in [6.07, 6.45) is 57.6. The minimum absolute atomic E-state index is 0.00579. The van der Waals surface area contributed by atoms with E-state index in [1.165, 1.54) is 314 Å². The molecule has 3 aliphatic carbocycles. The summed E-state index contributed by atoms with van der Waals surface area (Å²) in [6.45, 7) is 14.2. The second-order valence-electron chi connectivity index (χ2n) is 30.9. The van der Waals surface area contributed by atoms with Crippen LogP contribution in [0.25, 0.3) is 44.5 Å². The summed E-state index contributed by atoms with van der Waals surface area (Å²) in [6, 6.07) is 60.1. The van der Waals surface area contributed by atoms with Crippen molar-refractivity contribution in [3.8, 4) is 44.5 Å². The molecule has 0 heterocycles. The largest absolute Gasteiger partial charge is 0.0654 e. The first kappa shape index (κ1) is 72.3. The van der Waals surface area contributed by atoms with Gasteiger partial charge in [0, 0.05) is 16.2 Å². The average Bonchev–Trinajstić information content (AvgIpc) is 1.54. The van der Waals surface area contributed by atoms with Crippen LogP contribution in [0.5, 0.6) is 0 Å². The topological polar surface area (TPSA) is 0 Å². The van der Waals surface area contributed by atoms with Crippen LogP contribution in [0.1, 0.15) is 367 Å². The third-order valence-corrected chi connectivity index (χ3v) is 23.9. The summed E-state index contributed by atoms with van der Waals surface area (Å²) in [5.74, 6) is 0. The minimum Gasteiger partial charge on any atom is -0.0654 e. The molecule has 510 valence electrons. The molecule has 0 unspecified atom stereocenters. The van der Waals surface area contributed by atoms with Crippen LogP contribution >= 0.6 is 0 Å². The first-order valence-electron chi connectivity index (χ1n) is 40.7. The summed E-state index contributed by atoms with van der Waals surface area (Å²) in [7, 11) is 0. The lowest BCUT2D eigenvalue weighted by molar-refractivity contribution is 0.394. The van der Waals surface area contributed by atoms with Crippen molar-refractivity contribution in [2.45, 2.75) is 340 Å². The van der Waals surface area contributed by atoms with Gasteiger partial charge in [-0.05, 0) is 176 Å². The van der Waals surface area contributed by atoms with Crippen LogP contribution in [-0.4, -0.2) is 0 Å². The standard InChI is InChI=1S/C95H130/c1-7-13-19-25-31-43-61-93(62-44-32-26-20-14-8-2)87-69-77(67-75-49-39-37-40-50-75)53-57-81(87)82-59-55-79(71-89(82)93)80-56-60-84-86-74-91-85(73-92(86)95(90(84)72-80,65-47-35-29-23-17-11-5)66-48-36-30-24-18-12-6)83-58-54-78(68-76-51-41-38-42-52-76)70-88(83)94(91,63-45-33-27-21-15-9-3)64-46-34-28-22-16-10-4/h37-42,49-60,69-74H,7-36,43-48,61-68H2,1-6H3. The molecule has 0 radical (unpaired) electrons. The molecule has 0 N–H and O–H groups in total. The first-order chi connectivity index (χ1) is 46.9. The van der Waals surface area contributed by atoms with Gasteiger partial charge in [-0.1, -0.05) is 394 Å². The molecule has 0 saturated heterocycles. The fourth-order valence-corrected chi connectivity index (χ4v) is 18.5. The van der Waals surface area contributed by atoms with Crippen molar-refractivity contribution in [3.05, 3.63) is 201 Å². The highest BCUT2D eigenvalue weighted by Crippen LogP contribution is 2.62. The van der Waals surface area contributed by atoms with Gasteiger partial charge < -0.3 is 0 Å². The molecule has 10 rings (SSSR count). The van der Waals surface area contributed by atoms with E-state index in [9.17, 15) is 0 Å². The van der Waals surface area contributed by atoms with E-state index >= 15 is 0 Å². The molecule has 0 amide bonds. The lowest BCUT2D eigenvalue weighted by atomic mass is 9.68. The Bertz CT molecular complexity index is 3340. The Morgan fingerprint density at radius 2 is 0.421 bits per heavy atom. The Morgan fingerprint density at radius 3 is 0.705 bits per heavy atom. The van der Waals surface area contributed by atoms with Crippen molar-refractivity contribution in [2.24, 2.45) is 0 Å². The van der Waals surface area contributed by atoms with Crippen LogP contribution in [0.15, 0.2) is 146 Å². The Morgan fingerprint density at radius 1 is 0.189 bits per heavy atom. The molecule has 0 aromatic heterocycles. The summed E-state index contributed by atoms with van der Waals surface area (Å²) >= 11 is 0. The number of benzene rings is 7. The molecule has 3 aliphatic rings. The monoisotopic (exact) mass is 1270 g/mol. The second-order valence-corrected chi connectivity index (χ2v) is 30.9. The van der Waals surface area contributed by atoms with Crippen LogP contribution in [0.3, 0.4) is 0 Å². The minimum atomic E-state index is -0.0378. The van der Waals surface area contributed by atoms with E-state index in [4.69, 9.17) is 0 Å². The van der Waals surface area contributed by atoms with Crippen molar-refractivity contribution < 1.29 is 0 Å². The predicted molar refractivity (Wildman–Crippen MR) is 417 cm³/mol. The molecule has 0 atom stereocenters. The summed E-state index contributed by atoms with van der Waals surface area (Å²) < 4.78 is 0. The van der Waals surface area contributed by atoms with Crippen LogP contribution < -0.4 is 0 Å². The molecule has 0 saturated carbocycles. The van der Waals surface area contributed by atoms with Crippen LogP contribution in [0.4, 0.5) is 0 Å². The van der Waals surface area contributed by atoms with Crippen LogP contribution in [0.2, 0.25) is 0 Å². The fraction of sp³-hybridized carbons (Fsp3) is 0.558. The molecule has 95 heavy (non-hydrogen) atoms. The van der Waals surface area contributed by atoms with Gasteiger partial charge in [-0.3, -0.25) is 0 Å². The number of hydrogen-bond donors (Lipinski definition) is 0. The van der Waals surface area contributed by atoms with E-state index in [0.717, 1.165) is 12.8 Å². The lowest BCUT2D eigenvalue weighted by Gasteiger charge is -2.35. The first-order valence-corrected chi connectivity index (χ1v) is 40.7. The number of rotatable bonds is 47. The van der Waals surface area contributed by atoms with Crippen LogP contribution in [-0.2, 0) is 29.1 Å². The van der Waals surface area contributed by atoms with Gasteiger partial charge in [0.15, 0.2) is 0 Å². The summed E-state index contributed by atoms with van der Waals surface area (Å²) in [5, 5.41) is 0. The Balaban J connectivity index is 1.12. The van der Waals surface area contributed by atoms with Crippen molar-refractivity contribution in [1.29, 1.82) is 0 Å². The highest BCUT2D eigenvalue weighted by molar-refractivity contribution is 5.92. The maximum Gasteiger partial charge on any atom is 0.0215 e. The van der Waals surface area contributed by atoms with Gasteiger partial charge in [0.1, 0.15) is 0 Å². The molecule has 0 aliphatic heterocycles. The van der Waals surface area contributed by atoms with E-state index in [2.05, 4.69) is 187 Å². The van der Waals surface area contributed by atoms with E-state index in [0.29, 0.717) is 0 Å². The Labute approximate surface area is 582 Å². The van der Waals surface area contributed by atoms with Crippen molar-refractivity contribution in [1.82, 2.24) is 0 Å². The highest BCUT2D eigenvalue weighted by Gasteiger charge is 2.49. The predicted octanol–water partition coefficient (Wildman–Crippen LogP) is 29.8. The molecule has 0 spiro atoms. The van der Waals surface area contributed by atoms with Gasteiger partial charge in [-0.25, -0.2) is 0 Å². The van der Waals surface area contributed by atoms with Crippen molar-refractivity contribution in [3.63, 3.8) is 0 Å². The zero-order chi connectivity index (χ0) is 66.0. The summed E-state index contributed by atoms with van der Waals surface area (Å²) in [4.78, 5) is 0. The molecule has 0 fully saturated rings. The second kappa shape index (κ2) is 37.5. The number of fused-ring (bicyclic) bond motifs is 9. The highest BCUT2D eigenvalue weighted by atomic mass is 14.5. The number of unbranched alkanes of at least 4 members (excludes halogenated alkanes) is 30. The van der Waals surface area contributed by atoms with Crippen molar-refractivity contribution >= 4 is 0 Å². The summed E-state index contributed by atoms with van der Waals surface area (Å²) in [5.41, 5.74) is 27.8. The quantitative estimate of drug-likeness (QED) is 0.0334. The number of hydrogen-bond acceptors (Lipinski definition) is 0. The Kier molecular flexibility index (Phi) is 28.5. The van der Waals surface area contributed by atoms with Crippen molar-refractivity contribution in [2.75, 3.05) is 0 Å². The van der Waals surface area contributed by atoms with Gasteiger partial charge in [-0.15, -0.1) is 0 Å².